The maximum absolute atomic E-state index is 5.28. The van der Waals surface area contributed by atoms with E-state index in [9.17, 15) is 0 Å². The molecular weight excluding hydrogens is 310 g/mol. The minimum atomic E-state index is 0.298. The van der Waals surface area contributed by atoms with Gasteiger partial charge in [-0.15, -0.1) is 0 Å². The van der Waals surface area contributed by atoms with Crippen LogP contribution in [0, 0.1) is 5.92 Å². The van der Waals surface area contributed by atoms with Gasteiger partial charge >= 0.3 is 0 Å². The number of guanidine groups is 1. The van der Waals surface area contributed by atoms with E-state index in [2.05, 4.69) is 64.8 Å². The average Bonchev–Trinajstić information content (AvgIpc) is 3.01. The first-order valence-electron chi connectivity index (χ1n) is 8.41. The van der Waals surface area contributed by atoms with Gasteiger partial charge in [0.2, 0.25) is 5.89 Å². The Morgan fingerprint density at radius 2 is 2.22 bits per heavy atom. The van der Waals surface area contributed by atoms with E-state index in [0.29, 0.717) is 23.0 Å². The van der Waals surface area contributed by atoms with E-state index in [1.165, 1.54) is 0 Å². The Hall–Kier alpha value is -1.24. The van der Waals surface area contributed by atoms with E-state index in [0.717, 1.165) is 43.6 Å². The van der Waals surface area contributed by atoms with E-state index in [1.807, 2.05) is 7.05 Å². The van der Waals surface area contributed by atoms with Crippen LogP contribution in [0.5, 0.6) is 0 Å². The number of aliphatic imine (C=N–C) groups is 1. The second kappa shape index (κ2) is 8.57. The van der Waals surface area contributed by atoms with Gasteiger partial charge in [0, 0.05) is 50.0 Å². The molecule has 0 saturated carbocycles. The van der Waals surface area contributed by atoms with Crippen molar-refractivity contribution in [2.75, 3.05) is 32.4 Å². The maximum Gasteiger partial charge on any atom is 0.228 e. The summed E-state index contributed by atoms with van der Waals surface area (Å²) in [6, 6.07) is 0. The highest BCUT2D eigenvalue weighted by atomic mass is 32.2. The molecule has 7 heteroatoms. The first kappa shape index (κ1) is 18.1. The Labute approximate surface area is 143 Å². The molecule has 1 aliphatic rings. The summed E-state index contributed by atoms with van der Waals surface area (Å²) in [5.74, 6) is 4.58. The van der Waals surface area contributed by atoms with Gasteiger partial charge in [-0.2, -0.15) is 16.7 Å². The van der Waals surface area contributed by atoms with Gasteiger partial charge < -0.3 is 14.7 Å². The van der Waals surface area contributed by atoms with Crippen LogP contribution in [0.25, 0.3) is 0 Å². The molecule has 1 fully saturated rings. The lowest BCUT2D eigenvalue weighted by Gasteiger charge is -2.36. The molecule has 0 aromatic carbocycles. The molecular formula is C16H29N5OS. The van der Waals surface area contributed by atoms with Crippen molar-refractivity contribution < 1.29 is 4.52 Å². The smallest absolute Gasteiger partial charge is 0.228 e. The third kappa shape index (κ3) is 5.12. The summed E-state index contributed by atoms with van der Waals surface area (Å²) in [5, 5.41) is 8.09. The molecule has 1 aromatic rings. The quantitative estimate of drug-likeness (QED) is 0.656. The molecule has 0 spiro atoms. The number of hydrogen-bond acceptors (Lipinski definition) is 5. The number of nitrogens with zero attached hydrogens (tertiary/aromatic N) is 4. The highest BCUT2D eigenvalue weighted by Crippen LogP contribution is 2.24. The zero-order valence-electron chi connectivity index (χ0n) is 14.9. The topological polar surface area (TPSA) is 66.5 Å². The number of nitrogens with one attached hydrogen (secondary N) is 1. The Morgan fingerprint density at radius 3 is 2.83 bits per heavy atom. The van der Waals surface area contributed by atoms with Crippen molar-refractivity contribution in [1.82, 2.24) is 20.4 Å². The van der Waals surface area contributed by atoms with E-state index in [4.69, 9.17) is 4.52 Å². The van der Waals surface area contributed by atoms with Gasteiger partial charge in [-0.3, -0.25) is 4.99 Å². The highest BCUT2D eigenvalue weighted by Gasteiger charge is 2.24. The lowest BCUT2D eigenvalue weighted by molar-refractivity contribution is 0.365. The molecule has 1 N–H and O–H groups in total. The van der Waals surface area contributed by atoms with Crippen molar-refractivity contribution in [3.8, 4) is 0 Å². The zero-order chi connectivity index (χ0) is 16.8. The molecule has 0 amide bonds. The lowest BCUT2D eigenvalue weighted by Crippen LogP contribution is -2.49. The molecule has 2 heterocycles. The largest absolute Gasteiger partial charge is 0.356 e. The monoisotopic (exact) mass is 339 g/mol. The van der Waals surface area contributed by atoms with Crippen LogP contribution in [0.1, 0.15) is 45.3 Å². The molecule has 1 saturated heterocycles. The summed E-state index contributed by atoms with van der Waals surface area (Å²) in [5.41, 5.74) is 0. The van der Waals surface area contributed by atoms with Crippen LogP contribution in [0.3, 0.4) is 0 Å². The van der Waals surface area contributed by atoms with Gasteiger partial charge in [-0.05, 0) is 5.92 Å². The number of aromatic nitrogens is 2. The second-order valence-corrected chi connectivity index (χ2v) is 7.87. The Kier molecular flexibility index (Phi) is 6.74. The SMILES string of the molecule is CN=C(NCCc1nc(C(C)C)no1)N1CCSC(C(C)C)C1. The molecule has 1 unspecified atom stereocenters. The predicted molar refractivity (Wildman–Crippen MR) is 96.1 cm³/mol. The molecule has 130 valence electrons. The lowest BCUT2D eigenvalue weighted by atomic mass is 10.1. The van der Waals surface area contributed by atoms with Crippen LogP contribution in [-0.2, 0) is 6.42 Å². The van der Waals surface area contributed by atoms with Crippen molar-refractivity contribution in [1.29, 1.82) is 0 Å². The first-order valence-corrected chi connectivity index (χ1v) is 9.45. The number of rotatable bonds is 5. The van der Waals surface area contributed by atoms with Gasteiger partial charge in [0.1, 0.15) is 0 Å². The summed E-state index contributed by atoms with van der Waals surface area (Å²) >= 11 is 2.07. The van der Waals surface area contributed by atoms with E-state index in [1.54, 1.807) is 0 Å². The van der Waals surface area contributed by atoms with Crippen LogP contribution in [0.2, 0.25) is 0 Å². The Bertz CT molecular complexity index is 514. The van der Waals surface area contributed by atoms with Gasteiger partial charge in [-0.1, -0.05) is 32.9 Å². The fraction of sp³-hybridized carbons (Fsp3) is 0.812. The molecule has 1 aliphatic heterocycles. The minimum Gasteiger partial charge on any atom is -0.356 e. The molecule has 0 bridgehead atoms. The Morgan fingerprint density at radius 1 is 1.43 bits per heavy atom. The standard InChI is InChI=1S/C16H29N5OS/c1-11(2)13-10-21(8-9-23-13)16(17-5)18-7-6-14-19-15(12(3)4)20-22-14/h11-13H,6-10H2,1-5H3,(H,17,18). The third-order valence-corrected chi connectivity index (χ3v) is 5.51. The van der Waals surface area contributed by atoms with Gasteiger partial charge in [-0.25, -0.2) is 0 Å². The normalized spacial score (nSPS) is 19.7. The minimum absolute atomic E-state index is 0.298. The highest BCUT2D eigenvalue weighted by molar-refractivity contribution is 8.00. The summed E-state index contributed by atoms with van der Waals surface area (Å²) in [7, 11) is 1.85. The summed E-state index contributed by atoms with van der Waals surface area (Å²) < 4.78 is 5.28. The zero-order valence-corrected chi connectivity index (χ0v) is 15.7. The number of thioether (sulfide) groups is 1. The first-order chi connectivity index (χ1) is 11.0. The van der Waals surface area contributed by atoms with Crippen molar-refractivity contribution in [2.45, 2.75) is 45.3 Å². The summed E-state index contributed by atoms with van der Waals surface area (Å²) in [6.45, 7) is 11.6. The summed E-state index contributed by atoms with van der Waals surface area (Å²) in [6.07, 6.45) is 0.717. The fourth-order valence-corrected chi connectivity index (χ4v) is 3.79. The van der Waals surface area contributed by atoms with Crippen molar-refractivity contribution in [2.24, 2.45) is 10.9 Å². The molecule has 23 heavy (non-hydrogen) atoms. The predicted octanol–water partition coefficient (Wildman–Crippen LogP) is 2.38. The van der Waals surface area contributed by atoms with Crippen LogP contribution in [0.15, 0.2) is 9.52 Å². The summed E-state index contributed by atoms with van der Waals surface area (Å²) in [4.78, 5) is 11.2. The van der Waals surface area contributed by atoms with Crippen molar-refractivity contribution in [3.05, 3.63) is 11.7 Å². The van der Waals surface area contributed by atoms with Crippen molar-refractivity contribution in [3.63, 3.8) is 0 Å². The average molecular weight is 340 g/mol. The van der Waals surface area contributed by atoms with Crippen LogP contribution in [-0.4, -0.2) is 58.7 Å². The van der Waals surface area contributed by atoms with Gasteiger partial charge in [0.15, 0.2) is 11.8 Å². The molecule has 1 aromatic heterocycles. The molecule has 6 nitrogen and oxygen atoms in total. The maximum atomic E-state index is 5.28. The second-order valence-electron chi connectivity index (χ2n) is 6.52. The van der Waals surface area contributed by atoms with Crippen LogP contribution >= 0.6 is 11.8 Å². The third-order valence-electron chi connectivity index (χ3n) is 3.97. The van der Waals surface area contributed by atoms with E-state index < -0.39 is 0 Å². The molecule has 2 rings (SSSR count). The van der Waals surface area contributed by atoms with E-state index >= 15 is 0 Å². The van der Waals surface area contributed by atoms with Gasteiger partial charge in [0.05, 0.1) is 0 Å². The van der Waals surface area contributed by atoms with Gasteiger partial charge in [0.25, 0.3) is 0 Å². The number of hydrogen-bond donors (Lipinski definition) is 1. The van der Waals surface area contributed by atoms with Crippen molar-refractivity contribution >= 4 is 17.7 Å². The van der Waals surface area contributed by atoms with Crippen LogP contribution < -0.4 is 5.32 Å². The Balaban J connectivity index is 1.82. The van der Waals surface area contributed by atoms with Crippen LogP contribution in [0.4, 0.5) is 0 Å². The molecule has 1 atom stereocenters. The molecule has 0 aliphatic carbocycles. The van der Waals surface area contributed by atoms with E-state index in [-0.39, 0.29) is 0 Å². The fourth-order valence-electron chi connectivity index (χ4n) is 2.49. The molecule has 0 radical (unpaired) electrons.